The lowest BCUT2D eigenvalue weighted by molar-refractivity contribution is -0.122. The molecule has 0 fully saturated rings. The Labute approximate surface area is 162 Å². The highest BCUT2D eigenvalue weighted by molar-refractivity contribution is 5.94. The summed E-state index contributed by atoms with van der Waals surface area (Å²) in [7, 11) is 0. The smallest absolute Gasteiger partial charge is 0.265 e. The van der Waals surface area contributed by atoms with E-state index in [4.69, 9.17) is 9.47 Å². The van der Waals surface area contributed by atoms with Gasteiger partial charge in [0.15, 0.2) is 6.10 Å². The van der Waals surface area contributed by atoms with Gasteiger partial charge in [-0.1, -0.05) is 51.3 Å². The van der Waals surface area contributed by atoms with Gasteiger partial charge in [-0.2, -0.15) is 0 Å². The zero-order valence-electron chi connectivity index (χ0n) is 16.7. The third-order valence-corrected chi connectivity index (χ3v) is 4.41. The van der Waals surface area contributed by atoms with Crippen molar-refractivity contribution in [2.24, 2.45) is 0 Å². The molecule has 0 saturated heterocycles. The number of para-hydroxylation sites is 1. The van der Waals surface area contributed by atoms with E-state index >= 15 is 0 Å². The predicted molar refractivity (Wildman–Crippen MR) is 111 cm³/mol. The van der Waals surface area contributed by atoms with E-state index in [1.807, 2.05) is 62.4 Å². The van der Waals surface area contributed by atoms with E-state index in [9.17, 15) is 4.79 Å². The number of carbonyl (C=O) groups excluding carboxylic acids is 1. The van der Waals surface area contributed by atoms with E-state index in [1.54, 1.807) is 0 Å². The van der Waals surface area contributed by atoms with Crippen LogP contribution in [0.15, 0.2) is 48.5 Å². The van der Waals surface area contributed by atoms with Gasteiger partial charge in [0, 0.05) is 5.69 Å². The first kappa shape index (κ1) is 20.8. The maximum atomic E-state index is 12.5. The fourth-order valence-corrected chi connectivity index (χ4v) is 2.74. The Morgan fingerprint density at radius 2 is 1.74 bits per heavy atom. The maximum Gasteiger partial charge on any atom is 0.265 e. The highest BCUT2D eigenvalue weighted by Gasteiger charge is 2.19. The molecule has 0 aliphatic heterocycles. The predicted octanol–water partition coefficient (Wildman–Crippen LogP) is 5.75. The summed E-state index contributed by atoms with van der Waals surface area (Å²) in [6, 6.07) is 15.2. The highest BCUT2D eigenvalue weighted by atomic mass is 16.5. The molecule has 4 nitrogen and oxygen atoms in total. The van der Waals surface area contributed by atoms with Crippen LogP contribution in [0.1, 0.15) is 51.5 Å². The van der Waals surface area contributed by atoms with Gasteiger partial charge < -0.3 is 14.8 Å². The molecule has 1 amide bonds. The van der Waals surface area contributed by atoms with Crippen molar-refractivity contribution in [3.8, 4) is 11.5 Å². The van der Waals surface area contributed by atoms with Crippen molar-refractivity contribution in [1.82, 2.24) is 0 Å². The van der Waals surface area contributed by atoms with Gasteiger partial charge in [-0.3, -0.25) is 4.79 Å². The van der Waals surface area contributed by atoms with Crippen LogP contribution in [0.4, 0.5) is 5.69 Å². The van der Waals surface area contributed by atoms with Crippen LogP contribution in [0.3, 0.4) is 0 Å². The molecule has 0 spiro atoms. The molecule has 2 rings (SSSR count). The van der Waals surface area contributed by atoms with Crippen molar-refractivity contribution in [2.45, 2.75) is 59.0 Å². The highest BCUT2D eigenvalue weighted by Crippen LogP contribution is 2.20. The van der Waals surface area contributed by atoms with Gasteiger partial charge in [-0.15, -0.1) is 0 Å². The van der Waals surface area contributed by atoms with E-state index in [-0.39, 0.29) is 5.91 Å². The van der Waals surface area contributed by atoms with Gasteiger partial charge in [0.2, 0.25) is 0 Å². The molecule has 0 aliphatic rings. The van der Waals surface area contributed by atoms with Crippen molar-refractivity contribution in [2.75, 3.05) is 11.9 Å². The monoisotopic (exact) mass is 369 g/mol. The Kier molecular flexibility index (Phi) is 8.69. The molecular formula is C23H31NO3. The van der Waals surface area contributed by atoms with Crippen molar-refractivity contribution < 1.29 is 14.3 Å². The van der Waals surface area contributed by atoms with Gasteiger partial charge in [0.1, 0.15) is 11.5 Å². The quantitative estimate of drug-likeness (QED) is 0.513. The lowest BCUT2D eigenvalue weighted by Gasteiger charge is -2.18. The normalized spacial score (nSPS) is 11.7. The largest absolute Gasteiger partial charge is 0.494 e. The fraction of sp³-hybridized carbons (Fsp3) is 0.435. The second kappa shape index (κ2) is 11.3. The Hall–Kier alpha value is -2.49. The summed E-state index contributed by atoms with van der Waals surface area (Å²) in [6.07, 6.45) is 4.81. The molecule has 0 aliphatic carbocycles. The van der Waals surface area contributed by atoms with Crippen molar-refractivity contribution in [3.63, 3.8) is 0 Å². The molecule has 0 aromatic heterocycles. The average molecular weight is 370 g/mol. The molecule has 27 heavy (non-hydrogen) atoms. The number of unbranched alkanes of at least 4 members (excludes halogenated alkanes) is 3. The second-order valence-corrected chi connectivity index (χ2v) is 6.70. The number of amides is 1. The topological polar surface area (TPSA) is 47.6 Å². The summed E-state index contributed by atoms with van der Waals surface area (Å²) in [6.45, 7) is 6.84. The van der Waals surface area contributed by atoms with Crippen LogP contribution in [0.25, 0.3) is 0 Å². The molecule has 1 N–H and O–H groups in total. The molecular weight excluding hydrogens is 338 g/mol. The number of hydrogen-bond donors (Lipinski definition) is 1. The number of anilines is 1. The molecule has 2 aromatic carbocycles. The van der Waals surface area contributed by atoms with Gasteiger partial charge in [0.05, 0.1) is 6.61 Å². The van der Waals surface area contributed by atoms with E-state index in [0.717, 1.165) is 35.8 Å². The Balaban J connectivity index is 1.85. The van der Waals surface area contributed by atoms with Crippen LogP contribution >= 0.6 is 0 Å². The third-order valence-electron chi connectivity index (χ3n) is 4.41. The number of nitrogens with one attached hydrogen (secondary N) is 1. The van der Waals surface area contributed by atoms with Crippen LogP contribution in [0.2, 0.25) is 0 Å². The number of carbonyl (C=O) groups is 1. The van der Waals surface area contributed by atoms with Crippen LogP contribution in [0, 0.1) is 6.92 Å². The van der Waals surface area contributed by atoms with Crippen molar-refractivity contribution >= 4 is 11.6 Å². The van der Waals surface area contributed by atoms with Crippen LogP contribution < -0.4 is 14.8 Å². The van der Waals surface area contributed by atoms with Gasteiger partial charge in [-0.05, 0) is 55.7 Å². The molecule has 0 unspecified atom stereocenters. The minimum absolute atomic E-state index is 0.144. The van der Waals surface area contributed by atoms with Gasteiger partial charge in [0.25, 0.3) is 5.91 Å². The molecule has 0 heterocycles. The number of benzene rings is 2. The summed E-state index contributed by atoms with van der Waals surface area (Å²) in [5.74, 6) is 1.42. The van der Waals surface area contributed by atoms with Gasteiger partial charge in [-0.25, -0.2) is 0 Å². The SMILES string of the molecule is CCCCCCOc1ccc(NC(=O)[C@H](CC)Oc2ccccc2C)cc1. The molecule has 146 valence electrons. The lowest BCUT2D eigenvalue weighted by Crippen LogP contribution is -2.32. The van der Waals surface area contributed by atoms with E-state index in [0.29, 0.717) is 6.42 Å². The first-order chi connectivity index (χ1) is 13.1. The lowest BCUT2D eigenvalue weighted by atomic mass is 10.2. The minimum Gasteiger partial charge on any atom is -0.494 e. The van der Waals surface area contributed by atoms with E-state index in [1.165, 1.54) is 19.3 Å². The maximum absolute atomic E-state index is 12.5. The Bertz CT molecular complexity index is 697. The number of aryl methyl sites for hydroxylation is 1. The van der Waals surface area contributed by atoms with Crippen LogP contribution in [-0.2, 0) is 4.79 Å². The molecule has 0 saturated carbocycles. The van der Waals surface area contributed by atoms with Crippen LogP contribution in [-0.4, -0.2) is 18.6 Å². The average Bonchev–Trinajstić information content (AvgIpc) is 2.68. The number of ether oxygens (including phenoxy) is 2. The third kappa shape index (κ3) is 6.97. The van der Waals surface area contributed by atoms with Crippen molar-refractivity contribution in [3.05, 3.63) is 54.1 Å². The summed E-state index contributed by atoms with van der Waals surface area (Å²) in [5.41, 5.74) is 1.76. The molecule has 2 aromatic rings. The summed E-state index contributed by atoms with van der Waals surface area (Å²) < 4.78 is 11.6. The van der Waals surface area contributed by atoms with Crippen LogP contribution in [0.5, 0.6) is 11.5 Å². The zero-order chi connectivity index (χ0) is 19.5. The van der Waals surface area contributed by atoms with Crippen molar-refractivity contribution in [1.29, 1.82) is 0 Å². The second-order valence-electron chi connectivity index (χ2n) is 6.70. The summed E-state index contributed by atoms with van der Waals surface area (Å²) >= 11 is 0. The number of hydrogen-bond acceptors (Lipinski definition) is 3. The summed E-state index contributed by atoms with van der Waals surface area (Å²) in [5, 5.41) is 2.92. The molecule has 0 bridgehead atoms. The number of rotatable bonds is 11. The molecule has 1 atom stereocenters. The van der Waals surface area contributed by atoms with Gasteiger partial charge >= 0.3 is 0 Å². The minimum atomic E-state index is -0.527. The Morgan fingerprint density at radius 1 is 1.00 bits per heavy atom. The van der Waals surface area contributed by atoms with E-state index in [2.05, 4.69) is 12.2 Å². The fourth-order valence-electron chi connectivity index (χ4n) is 2.74. The first-order valence-corrected chi connectivity index (χ1v) is 9.90. The van der Waals surface area contributed by atoms with E-state index < -0.39 is 6.10 Å². The first-order valence-electron chi connectivity index (χ1n) is 9.90. The Morgan fingerprint density at radius 3 is 2.41 bits per heavy atom. The standard InChI is InChI=1S/C23H31NO3/c1-4-6-7-10-17-26-20-15-13-19(14-16-20)24-23(25)21(5-2)27-22-12-9-8-11-18(22)3/h8-9,11-16,21H,4-7,10,17H2,1-3H3,(H,24,25)/t21-/m0/s1. The summed E-state index contributed by atoms with van der Waals surface area (Å²) in [4.78, 5) is 12.5. The molecule has 0 radical (unpaired) electrons. The zero-order valence-corrected chi connectivity index (χ0v) is 16.7. The molecule has 4 heteroatoms.